The summed E-state index contributed by atoms with van der Waals surface area (Å²) in [6.07, 6.45) is 2.84. The molecule has 1 N–H and O–H groups in total. The number of aryl methyl sites for hydroxylation is 2. The number of pyridine rings is 1. The Labute approximate surface area is 127 Å². The predicted molar refractivity (Wildman–Crippen MR) is 86.2 cm³/mol. The van der Waals surface area contributed by atoms with Crippen LogP contribution in [0.4, 0.5) is 5.82 Å². The Hall–Kier alpha value is -1.24. The number of aromatic nitrogens is 3. The molecule has 0 spiro atoms. The Balaban J connectivity index is 2.47. The van der Waals surface area contributed by atoms with Crippen molar-refractivity contribution >= 4 is 28.4 Å². The van der Waals surface area contributed by atoms with Crippen LogP contribution in [0.1, 0.15) is 24.6 Å². The van der Waals surface area contributed by atoms with Gasteiger partial charge in [0.1, 0.15) is 11.5 Å². The third-order valence-electron chi connectivity index (χ3n) is 2.78. The second-order valence-corrected chi connectivity index (χ2v) is 5.47. The smallest absolute Gasteiger partial charge is 0.180 e. The summed E-state index contributed by atoms with van der Waals surface area (Å²) in [6, 6.07) is 3.95. The fourth-order valence-electron chi connectivity index (χ4n) is 1.75. The molecular formula is C14H17IN4. The lowest BCUT2D eigenvalue weighted by atomic mass is 10.2. The third-order valence-corrected chi connectivity index (χ3v) is 4.07. The van der Waals surface area contributed by atoms with Gasteiger partial charge in [0.05, 0.1) is 9.26 Å². The number of hydrogen-bond donors (Lipinski definition) is 1. The van der Waals surface area contributed by atoms with Gasteiger partial charge in [-0.05, 0) is 54.5 Å². The first kappa shape index (κ1) is 14.2. The van der Waals surface area contributed by atoms with Crippen LogP contribution in [0, 0.1) is 17.4 Å². The van der Waals surface area contributed by atoms with Gasteiger partial charge in [0.25, 0.3) is 0 Å². The highest BCUT2D eigenvalue weighted by molar-refractivity contribution is 14.1. The van der Waals surface area contributed by atoms with Crippen LogP contribution in [0.15, 0.2) is 18.3 Å². The van der Waals surface area contributed by atoms with E-state index in [1.165, 1.54) is 0 Å². The van der Waals surface area contributed by atoms with Gasteiger partial charge in [-0.15, -0.1) is 0 Å². The molecule has 100 valence electrons. The van der Waals surface area contributed by atoms with Gasteiger partial charge in [-0.1, -0.05) is 13.0 Å². The summed E-state index contributed by atoms with van der Waals surface area (Å²) in [6.45, 7) is 7.07. The highest BCUT2D eigenvalue weighted by atomic mass is 127. The van der Waals surface area contributed by atoms with Crippen molar-refractivity contribution < 1.29 is 0 Å². The molecule has 0 aliphatic rings. The van der Waals surface area contributed by atoms with E-state index < -0.39 is 0 Å². The zero-order valence-electron chi connectivity index (χ0n) is 11.4. The fourth-order valence-corrected chi connectivity index (χ4v) is 2.18. The Morgan fingerprint density at radius 2 is 2.05 bits per heavy atom. The molecule has 2 rings (SSSR count). The molecule has 2 aromatic heterocycles. The molecule has 0 bridgehead atoms. The van der Waals surface area contributed by atoms with Gasteiger partial charge in [-0.25, -0.2) is 9.97 Å². The van der Waals surface area contributed by atoms with Crippen LogP contribution in [0.2, 0.25) is 0 Å². The fraction of sp³-hybridized carbons (Fsp3) is 0.357. The van der Waals surface area contributed by atoms with Crippen molar-refractivity contribution in [3.63, 3.8) is 0 Å². The third kappa shape index (κ3) is 3.20. The first-order valence-corrected chi connectivity index (χ1v) is 7.41. The molecule has 2 heterocycles. The second-order valence-electron chi connectivity index (χ2n) is 4.39. The van der Waals surface area contributed by atoms with Crippen molar-refractivity contribution in [3.8, 4) is 11.5 Å². The number of nitrogens with one attached hydrogen (secondary N) is 1. The van der Waals surface area contributed by atoms with E-state index in [0.29, 0.717) is 5.82 Å². The summed E-state index contributed by atoms with van der Waals surface area (Å²) in [5.41, 5.74) is 2.92. The molecule has 0 aromatic carbocycles. The molecule has 0 aliphatic heterocycles. The van der Waals surface area contributed by atoms with Crippen LogP contribution < -0.4 is 5.32 Å². The van der Waals surface area contributed by atoms with Crippen LogP contribution in [-0.2, 0) is 0 Å². The molecule has 0 amide bonds. The maximum atomic E-state index is 4.61. The van der Waals surface area contributed by atoms with Gasteiger partial charge in [-0.3, -0.25) is 4.98 Å². The van der Waals surface area contributed by atoms with Crippen molar-refractivity contribution in [1.29, 1.82) is 0 Å². The molecule has 0 aliphatic carbocycles. The SMILES string of the molecule is CCCNc1nc(-c2ncccc2C)nc(C)c1I. The van der Waals surface area contributed by atoms with Crippen LogP contribution in [0.3, 0.4) is 0 Å². The number of nitrogens with zero attached hydrogens (tertiary/aromatic N) is 3. The Bertz CT molecular complexity index is 584. The average molecular weight is 368 g/mol. The molecule has 2 aromatic rings. The van der Waals surface area contributed by atoms with Crippen LogP contribution in [0.5, 0.6) is 0 Å². The Kier molecular flexibility index (Phi) is 4.68. The van der Waals surface area contributed by atoms with Gasteiger partial charge in [0.15, 0.2) is 5.82 Å². The lowest BCUT2D eigenvalue weighted by Crippen LogP contribution is -2.08. The van der Waals surface area contributed by atoms with Gasteiger partial charge in [0, 0.05) is 12.7 Å². The van der Waals surface area contributed by atoms with E-state index in [2.05, 4.69) is 49.8 Å². The van der Waals surface area contributed by atoms with Crippen molar-refractivity contribution in [3.05, 3.63) is 33.2 Å². The van der Waals surface area contributed by atoms with E-state index in [4.69, 9.17) is 0 Å². The predicted octanol–water partition coefficient (Wildman–Crippen LogP) is 3.58. The summed E-state index contributed by atoms with van der Waals surface area (Å²) < 4.78 is 1.07. The summed E-state index contributed by atoms with van der Waals surface area (Å²) in [4.78, 5) is 13.5. The topological polar surface area (TPSA) is 50.7 Å². The standard InChI is InChI=1S/C14H17IN4/c1-4-7-17-13-11(15)10(3)18-14(19-13)12-9(2)6-5-8-16-12/h5-6,8H,4,7H2,1-3H3,(H,17,18,19). The van der Waals surface area contributed by atoms with Crippen molar-refractivity contribution in [2.45, 2.75) is 27.2 Å². The summed E-state index contributed by atoms with van der Waals surface area (Å²) in [5.74, 6) is 1.59. The van der Waals surface area contributed by atoms with Crippen LogP contribution >= 0.6 is 22.6 Å². The molecule has 0 saturated carbocycles. The summed E-state index contributed by atoms with van der Waals surface area (Å²) in [5, 5.41) is 3.35. The van der Waals surface area contributed by atoms with E-state index in [9.17, 15) is 0 Å². The monoisotopic (exact) mass is 368 g/mol. The Morgan fingerprint density at radius 3 is 2.74 bits per heavy atom. The highest BCUT2D eigenvalue weighted by Gasteiger charge is 2.12. The number of rotatable bonds is 4. The highest BCUT2D eigenvalue weighted by Crippen LogP contribution is 2.24. The van der Waals surface area contributed by atoms with Gasteiger partial charge in [0.2, 0.25) is 0 Å². The minimum atomic E-state index is 0.689. The second kappa shape index (κ2) is 6.27. The number of hydrogen-bond acceptors (Lipinski definition) is 4. The minimum absolute atomic E-state index is 0.689. The van der Waals surface area contributed by atoms with Gasteiger partial charge >= 0.3 is 0 Å². The average Bonchev–Trinajstić information content (AvgIpc) is 2.41. The molecule has 0 atom stereocenters. The van der Waals surface area contributed by atoms with E-state index in [0.717, 1.165) is 39.3 Å². The zero-order valence-corrected chi connectivity index (χ0v) is 13.5. The maximum Gasteiger partial charge on any atom is 0.180 e. The van der Waals surface area contributed by atoms with Crippen LogP contribution in [0.25, 0.3) is 11.5 Å². The van der Waals surface area contributed by atoms with Crippen LogP contribution in [-0.4, -0.2) is 21.5 Å². The maximum absolute atomic E-state index is 4.61. The minimum Gasteiger partial charge on any atom is -0.369 e. The lowest BCUT2D eigenvalue weighted by molar-refractivity contribution is 0.956. The molecule has 5 heteroatoms. The van der Waals surface area contributed by atoms with E-state index in [1.54, 1.807) is 6.20 Å². The molecule has 0 saturated heterocycles. The lowest BCUT2D eigenvalue weighted by Gasteiger charge is -2.11. The number of halogens is 1. The normalized spacial score (nSPS) is 10.5. The van der Waals surface area contributed by atoms with Gasteiger partial charge < -0.3 is 5.32 Å². The largest absolute Gasteiger partial charge is 0.369 e. The first-order valence-electron chi connectivity index (χ1n) is 6.33. The zero-order chi connectivity index (χ0) is 13.8. The Morgan fingerprint density at radius 1 is 1.26 bits per heavy atom. The quantitative estimate of drug-likeness (QED) is 0.839. The van der Waals surface area contributed by atoms with Crippen molar-refractivity contribution in [2.75, 3.05) is 11.9 Å². The molecule has 0 radical (unpaired) electrons. The first-order chi connectivity index (χ1) is 9.13. The number of anilines is 1. The van der Waals surface area contributed by atoms with E-state index in [1.807, 2.05) is 26.0 Å². The van der Waals surface area contributed by atoms with Gasteiger partial charge in [-0.2, -0.15) is 0 Å². The molecular weight excluding hydrogens is 351 g/mol. The summed E-state index contributed by atoms with van der Waals surface area (Å²) in [7, 11) is 0. The van der Waals surface area contributed by atoms with E-state index in [-0.39, 0.29) is 0 Å². The molecule has 4 nitrogen and oxygen atoms in total. The van der Waals surface area contributed by atoms with Crippen molar-refractivity contribution in [1.82, 2.24) is 15.0 Å². The molecule has 0 unspecified atom stereocenters. The van der Waals surface area contributed by atoms with E-state index >= 15 is 0 Å². The molecule has 0 fully saturated rings. The van der Waals surface area contributed by atoms with Crippen molar-refractivity contribution in [2.24, 2.45) is 0 Å². The summed E-state index contributed by atoms with van der Waals surface area (Å²) >= 11 is 2.28. The molecule has 19 heavy (non-hydrogen) atoms.